The van der Waals surface area contributed by atoms with Crippen molar-refractivity contribution in [2.24, 2.45) is 0 Å². The number of rotatable bonds is 5. The number of benzene rings is 2. The van der Waals surface area contributed by atoms with Gasteiger partial charge in [0, 0.05) is 5.92 Å². The van der Waals surface area contributed by atoms with Crippen LogP contribution in [0.15, 0.2) is 48.5 Å². The molecule has 0 heterocycles. The number of carbonyl (C=O) groups excluding carboxylic acids is 2. The van der Waals surface area contributed by atoms with Crippen LogP contribution in [0.5, 0.6) is 0 Å². The van der Waals surface area contributed by atoms with Crippen molar-refractivity contribution >= 4 is 12.4 Å². The molecule has 0 radical (unpaired) electrons. The van der Waals surface area contributed by atoms with Gasteiger partial charge in [0.2, 0.25) is 0 Å². The maximum Gasteiger partial charge on any atom is 0.407 e. The molecule has 24 heavy (non-hydrogen) atoms. The molecule has 5 heteroatoms. The molecule has 0 unspecified atom stereocenters. The Labute approximate surface area is 140 Å². The van der Waals surface area contributed by atoms with E-state index in [-0.39, 0.29) is 12.5 Å². The first-order chi connectivity index (χ1) is 11.6. The molecular weight excluding hydrogens is 306 g/mol. The Morgan fingerprint density at radius 2 is 1.71 bits per heavy atom. The third kappa shape index (κ3) is 3.03. The van der Waals surface area contributed by atoms with Crippen molar-refractivity contribution in [2.75, 3.05) is 6.61 Å². The smallest absolute Gasteiger partial charge is 0.407 e. The molecule has 0 aromatic heterocycles. The summed E-state index contributed by atoms with van der Waals surface area (Å²) in [5.41, 5.74) is 4.54. The van der Waals surface area contributed by atoms with Gasteiger partial charge in [0.05, 0.1) is 6.10 Å². The molecule has 1 aliphatic rings. The average molecular weight is 325 g/mol. The van der Waals surface area contributed by atoms with E-state index in [1.165, 1.54) is 6.92 Å². The molecule has 2 aromatic carbocycles. The minimum absolute atomic E-state index is 0.0376. The van der Waals surface area contributed by atoms with Crippen LogP contribution >= 0.6 is 0 Å². The summed E-state index contributed by atoms with van der Waals surface area (Å²) < 4.78 is 5.30. The Morgan fingerprint density at radius 1 is 1.17 bits per heavy atom. The summed E-state index contributed by atoms with van der Waals surface area (Å²) in [6.45, 7) is 1.61. The highest BCUT2D eigenvalue weighted by Crippen LogP contribution is 2.44. The van der Waals surface area contributed by atoms with Gasteiger partial charge in [-0.25, -0.2) is 4.79 Å². The van der Waals surface area contributed by atoms with Crippen molar-refractivity contribution in [3.8, 4) is 11.1 Å². The molecule has 1 amide bonds. The summed E-state index contributed by atoms with van der Waals surface area (Å²) in [6.07, 6.45) is -1.19. The van der Waals surface area contributed by atoms with Crippen molar-refractivity contribution in [2.45, 2.75) is 25.0 Å². The highest BCUT2D eigenvalue weighted by atomic mass is 16.5. The number of alkyl carbamates (subject to hydrolysis) is 1. The van der Waals surface area contributed by atoms with Gasteiger partial charge < -0.3 is 20.0 Å². The first kappa shape index (κ1) is 16.2. The Bertz CT molecular complexity index is 711. The summed E-state index contributed by atoms with van der Waals surface area (Å²) in [5, 5.41) is 11.8. The zero-order valence-corrected chi connectivity index (χ0v) is 13.3. The number of aliphatic hydroxyl groups is 1. The molecular formula is C19H19NO4. The lowest BCUT2D eigenvalue weighted by molar-refractivity contribution is -0.111. The maximum absolute atomic E-state index is 11.9. The van der Waals surface area contributed by atoms with Crippen molar-refractivity contribution in [1.29, 1.82) is 0 Å². The van der Waals surface area contributed by atoms with E-state index in [2.05, 4.69) is 17.4 Å². The van der Waals surface area contributed by atoms with Crippen LogP contribution < -0.4 is 5.32 Å². The summed E-state index contributed by atoms with van der Waals surface area (Å²) >= 11 is 0. The molecule has 0 fully saturated rings. The quantitative estimate of drug-likeness (QED) is 0.828. The lowest BCUT2D eigenvalue weighted by atomic mass is 9.98. The van der Waals surface area contributed by atoms with Gasteiger partial charge in [0.25, 0.3) is 0 Å². The first-order valence-corrected chi connectivity index (χ1v) is 7.86. The Hall–Kier alpha value is -2.66. The molecule has 1 aliphatic carbocycles. The van der Waals surface area contributed by atoms with Crippen LogP contribution in [-0.2, 0) is 9.53 Å². The topological polar surface area (TPSA) is 75.6 Å². The number of nitrogens with one attached hydrogen (secondary N) is 1. The number of ether oxygens (including phenoxy) is 1. The first-order valence-electron chi connectivity index (χ1n) is 7.86. The standard InChI is InChI=1S/C19H19NO4/c1-12(22)18(10-21)20-19(23)24-11-17-15-8-4-2-6-13(15)14-7-3-5-9-16(14)17/h2-10,12,17-18,22H,11H2,1H3,(H,20,23)/t12-,18-/m0/s1. The maximum atomic E-state index is 11.9. The van der Waals surface area contributed by atoms with Gasteiger partial charge in [-0.15, -0.1) is 0 Å². The molecule has 5 nitrogen and oxygen atoms in total. The van der Waals surface area contributed by atoms with Gasteiger partial charge in [0.1, 0.15) is 18.9 Å². The SMILES string of the molecule is C[C@H](O)[C@H](C=O)NC(=O)OCC1c2ccccc2-c2ccccc21. The fraction of sp³-hybridized carbons (Fsp3) is 0.263. The summed E-state index contributed by atoms with van der Waals surface area (Å²) in [6, 6.07) is 15.1. The minimum Gasteiger partial charge on any atom is -0.449 e. The molecule has 3 rings (SSSR count). The van der Waals surface area contributed by atoms with Crippen LogP contribution in [-0.4, -0.2) is 36.2 Å². The lowest BCUT2D eigenvalue weighted by Crippen LogP contribution is -2.43. The second-order valence-corrected chi connectivity index (χ2v) is 5.87. The van der Waals surface area contributed by atoms with E-state index in [1.54, 1.807) is 0 Å². The third-order valence-electron chi connectivity index (χ3n) is 4.29. The summed E-state index contributed by atoms with van der Waals surface area (Å²) in [4.78, 5) is 22.7. The van der Waals surface area contributed by atoms with Gasteiger partial charge >= 0.3 is 6.09 Å². The van der Waals surface area contributed by atoms with Crippen LogP contribution in [0.3, 0.4) is 0 Å². The largest absolute Gasteiger partial charge is 0.449 e. The fourth-order valence-corrected chi connectivity index (χ4v) is 3.04. The summed E-state index contributed by atoms with van der Waals surface area (Å²) in [5.74, 6) is -0.0376. The highest BCUT2D eigenvalue weighted by Gasteiger charge is 2.29. The number of fused-ring (bicyclic) bond motifs is 3. The zero-order chi connectivity index (χ0) is 17.1. The fourth-order valence-electron chi connectivity index (χ4n) is 3.04. The van der Waals surface area contributed by atoms with Crippen LogP contribution in [0.2, 0.25) is 0 Å². The Kier molecular flexibility index (Phi) is 4.62. The number of amides is 1. The van der Waals surface area contributed by atoms with Crippen molar-refractivity contribution in [1.82, 2.24) is 5.32 Å². The predicted octanol–water partition coefficient (Wildman–Crippen LogP) is 2.47. The summed E-state index contributed by atoms with van der Waals surface area (Å²) in [7, 11) is 0. The minimum atomic E-state index is -0.972. The van der Waals surface area contributed by atoms with E-state index in [9.17, 15) is 14.7 Å². The van der Waals surface area contributed by atoms with Gasteiger partial charge in [-0.1, -0.05) is 48.5 Å². The Morgan fingerprint density at radius 3 is 2.21 bits per heavy atom. The monoisotopic (exact) mass is 325 g/mol. The van der Waals surface area contributed by atoms with Crippen molar-refractivity contribution in [3.63, 3.8) is 0 Å². The molecule has 124 valence electrons. The van der Waals surface area contributed by atoms with E-state index in [1.807, 2.05) is 36.4 Å². The number of aldehydes is 1. The van der Waals surface area contributed by atoms with E-state index < -0.39 is 18.2 Å². The number of aliphatic hydroxyl groups excluding tert-OH is 1. The van der Waals surface area contributed by atoms with Gasteiger partial charge in [-0.3, -0.25) is 0 Å². The second-order valence-electron chi connectivity index (χ2n) is 5.87. The molecule has 0 spiro atoms. The van der Waals surface area contributed by atoms with E-state index in [0.717, 1.165) is 22.3 Å². The number of carbonyl (C=O) groups is 2. The second kappa shape index (κ2) is 6.84. The number of hydrogen-bond acceptors (Lipinski definition) is 4. The Balaban J connectivity index is 1.74. The third-order valence-corrected chi connectivity index (χ3v) is 4.29. The van der Waals surface area contributed by atoms with Crippen LogP contribution in [0.25, 0.3) is 11.1 Å². The van der Waals surface area contributed by atoms with Crippen molar-refractivity contribution in [3.05, 3.63) is 59.7 Å². The van der Waals surface area contributed by atoms with Gasteiger partial charge in [-0.2, -0.15) is 0 Å². The van der Waals surface area contributed by atoms with E-state index in [0.29, 0.717) is 6.29 Å². The highest BCUT2D eigenvalue weighted by molar-refractivity contribution is 5.79. The molecule has 0 aliphatic heterocycles. The molecule has 2 atom stereocenters. The van der Waals surface area contributed by atoms with Gasteiger partial charge in [0.15, 0.2) is 0 Å². The number of hydrogen-bond donors (Lipinski definition) is 2. The molecule has 0 saturated carbocycles. The van der Waals surface area contributed by atoms with Crippen molar-refractivity contribution < 1.29 is 19.4 Å². The normalized spacial score (nSPS) is 15.1. The van der Waals surface area contributed by atoms with Gasteiger partial charge in [-0.05, 0) is 29.2 Å². The molecule has 0 bridgehead atoms. The molecule has 2 N–H and O–H groups in total. The predicted molar refractivity (Wildman–Crippen MR) is 89.7 cm³/mol. The van der Waals surface area contributed by atoms with Crippen LogP contribution in [0.4, 0.5) is 4.79 Å². The van der Waals surface area contributed by atoms with Crippen LogP contribution in [0.1, 0.15) is 24.0 Å². The molecule has 0 saturated heterocycles. The lowest BCUT2D eigenvalue weighted by Gasteiger charge is -2.17. The van der Waals surface area contributed by atoms with Crippen LogP contribution in [0, 0.1) is 0 Å². The van der Waals surface area contributed by atoms with E-state index >= 15 is 0 Å². The average Bonchev–Trinajstić information content (AvgIpc) is 2.91. The van der Waals surface area contributed by atoms with E-state index in [4.69, 9.17) is 4.74 Å². The molecule has 2 aromatic rings. The zero-order valence-electron chi connectivity index (χ0n) is 13.3.